The Balaban J connectivity index is 1.81. The molecule has 0 unspecified atom stereocenters. The third-order valence-electron chi connectivity index (χ3n) is 6.23. The molecule has 8 heteroatoms. The highest BCUT2D eigenvalue weighted by Crippen LogP contribution is 2.60. The van der Waals surface area contributed by atoms with Crippen molar-refractivity contribution in [3.05, 3.63) is 91.4 Å². The number of benzene rings is 2. The van der Waals surface area contributed by atoms with Crippen molar-refractivity contribution in [3.63, 3.8) is 0 Å². The average molecular weight is 478 g/mol. The molecule has 31 heavy (non-hydrogen) atoms. The number of aryl methyl sites for hydroxylation is 1. The predicted octanol–water partition coefficient (Wildman–Crippen LogP) is 3.16. The van der Waals surface area contributed by atoms with E-state index in [-0.39, 0.29) is 28.2 Å². The van der Waals surface area contributed by atoms with Crippen molar-refractivity contribution in [2.24, 2.45) is 0 Å². The molecule has 0 radical (unpaired) electrons. The molecule has 152 valence electrons. The summed E-state index contributed by atoms with van der Waals surface area (Å²) >= 11 is 3.39. The van der Waals surface area contributed by atoms with Crippen molar-refractivity contribution in [1.82, 2.24) is 0 Å². The number of hydrogen-bond donors (Lipinski definition) is 1. The normalized spacial score (nSPS) is 21.8. The Hall–Kier alpha value is -3.52. The quantitative estimate of drug-likeness (QED) is 0.498. The van der Waals surface area contributed by atoms with Gasteiger partial charge in [0.1, 0.15) is 17.1 Å². The number of ether oxygens (including phenoxy) is 1. The molecule has 1 aromatic heterocycles. The molecule has 1 atom stereocenters. The highest BCUT2D eigenvalue weighted by atomic mass is 79.9. The highest BCUT2D eigenvalue weighted by Gasteiger charge is 2.79. The molecular weight excluding hydrogens is 466 g/mol. The summed E-state index contributed by atoms with van der Waals surface area (Å²) in [6.07, 6.45) is 0. The number of rotatable bonds is 0. The molecule has 2 aliphatic heterocycles. The largest absolute Gasteiger partial charge is 0.468 e. The van der Waals surface area contributed by atoms with Crippen LogP contribution >= 0.6 is 15.9 Å². The minimum atomic E-state index is -2.28. The molecule has 1 amide bonds. The molecule has 6 rings (SSSR count). The van der Waals surface area contributed by atoms with Crippen molar-refractivity contribution >= 4 is 39.1 Å². The number of anilines is 1. The molecule has 3 heterocycles. The second-order valence-electron chi connectivity index (χ2n) is 7.76. The molecule has 2 spiro atoms. The monoisotopic (exact) mass is 477 g/mol. The van der Waals surface area contributed by atoms with Crippen molar-refractivity contribution in [2.75, 3.05) is 5.32 Å². The lowest BCUT2D eigenvalue weighted by Crippen LogP contribution is -2.63. The van der Waals surface area contributed by atoms with E-state index in [2.05, 4.69) is 21.2 Å². The number of nitrogens with one attached hydrogen (secondary N) is 1. The highest BCUT2D eigenvalue weighted by molar-refractivity contribution is 9.10. The number of amides is 1. The van der Waals surface area contributed by atoms with Crippen molar-refractivity contribution in [2.45, 2.75) is 17.9 Å². The fraction of sp³-hybridized carbons (Fsp3) is 0.130. The van der Waals surface area contributed by atoms with Crippen LogP contribution in [-0.4, -0.2) is 23.1 Å². The molecule has 1 aliphatic carbocycles. The lowest BCUT2D eigenvalue weighted by Gasteiger charge is -2.34. The molecule has 0 saturated carbocycles. The molecule has 0 saturated heterocycles. The van der Waals surface area contributed by atoms with Crippen LogP contribution in [0.25, 0.3) is 0 Å². The van der Waals surface area contributed by atoms with Gasteiger partial charge in [0.25, 0.3) is 5.60 Å². The number of Topliss-reactive ketones (excluding diaryl/α,β-unsaturated/α-hetero) is 2. The number of halogens is 1. The van der Waals surface area contributed by atoms with E-state index in [4.69, 9.17) is 9.15 Å². The van der Waals surface area contributed by atoms with Gasteiger partial charge in [-0.05, 0) is 25.1 Å². The molecule has 2 aromatic carbocycles. The summed E-state index contributed by atoms with van der Waals surface area (Å²) in [5.74, 6) is -1.79. The molecule has 7 nitrogen and oxygen atoms in total. The third-order valence-corrected chi connectivity index (χ3v) is 6.73. The minimum absolute atomic E-state index is 0.00812. The second-order valence-corrected chi connectivity index (χ2v) is 8.68. The zero-order valence-electron chi connectivity index (χ0n) is 15.9. The lowest BCUT2D eigenvalue weighted by molar-refractivity contribution is -0.122. The number of carbonyl (C=O) groups is 3. The summed E-state index contributed by atoms with van der Waals surface area (Å²) in [4.78, 5) is 54.4. The second kappa shape index (κ2) is 5.59. The van der Waals surface area contributed by atoms with E-state index in [1.165, 1.54) is 18.2 Å². The summed E-state index contributed by atoms with van der Waals surface area (Å²) in [6, 6.07) is 12.7. The van der Waals surface area contributed by atoms with E-state index in [0.29, 0.717) is 15.7 Å². The summed E-state index contributed by atoms with van der Waals surface area (Å²) in [5, 5.41) is 2.73. The molecule has 0 bridgehead atoms. The molecule has 3 aliphatic rings. The average Bonchev–Trinajstić information content (AvgIpc) is 3.28. The Morgan fingerprint density at radius 1 is 0.935 bits per heavy atom. The van der Waals surface area contributed by atoms with Gasteiger partial charge in [0.05, 0.1) is 0 Å². The fourth-order valence-corrected chi connectivity index (χ4v) is 5.45. The minimum Gasteiger partial charge on any atom is -0.468 e. The van der Waals surface area contributed by atoms with Crippen LogP contribution < -0.4 is 15.7 Å². The maximum absolute atomic E-state index is 13.8. The molecule has 1 N–H and O–H groups in total. The van der Waals surface area contributed by atoms with Crippen LogP contribution in [0.4, 0.5) is 5.69 Å². The first-order valence-corrected chi connectivity index (χ1v) is 10.3. The number of fused-ring (bicyclic) bond motifs is 6. The van der Waals surface area contributed by atoms with Gasteiger partial charge in [-0.1, -0.05) is 40.2 Å². The van der Waals surface area contributed by atoms with Crippen LogP contribution in [0.15, 0.2) is 62.2 Å². The first-order valence-electron chi connectivity index (χ1n) is 9.46. The summed E-state index contributed by atoms with van der Waals surface area (Å²) in [7, 11) is 0. The van der Waals surface area contributed by atoms with E-state index in [0.717, 1.165) is 0 Å². The van der Waals surface area contributed by atoms with Gasteiger partial charge in [0.15, 0.2) is 5.41 Å². The summed E-state index contributed by atoms with van der Waals surface area (Å²) < 4.78 is 12.0. The molecule has 0 fully saturated rings. The van der Waals surface area contributed by atoms with E-state index < -0.39 is 34.1 Å². The zero-order valence-corrected chi connectivity index (χ0v) is 17.5. The van der Waals surface area contributed by atoms with Gasteiger partial charge < -0.3 is 14.5 Å². The number of hydrogen-bond acceptors (Lipinski definition) is 6. The Morgan fingerprint density at radius 3 is 2.29 bits per heavy atom. The lowest BCUT2D eigenvalue weighted by atomic mass is 9.63. The van der Waals surface area contributed by atoms with Crippen LogP contribution in [-0.2, 0) is 10.2 Å². The van der Waals surface area contributed by atoms with Crippen LogP contribution in [0.5, 0.6) is 5.75 Å². The van der Waals surface area contributed by atoms with Gasteiger partial charge in [0.2, 0.25) is 17.5 Å². The van der Waals surface area contributed by atoms with E-state index >= 15 is 0 Å². The molecular formula is C23H12BrNO6. The van der Waals surface area contributed by atoms with E-state index in [9.17, 15) is 19.2 Å². The van der Waals surface area contributed by atoms with Gasteiger partial charge in [-0.3, -0.25) is 14.4 Å². The SMILES string of the molecule is Cc1cc2c(c(=O)o1)[C@@]1(C(=O)Nc3ccc(Br)cc31)C1(O2)C(=O)c2ccccc2C1=O. The molecule has 3 aromatic rings. The Labute approximate surface area is 183 Å². The summed E-state index contributed by atoms with van der Waals surface area (Å²) in [5.41, 5.74) is -4.29. The van der Waals surface area contributed by atoms with Crippen LogP contribution in [0.3, 0.4) is 0 Å². The predicted molar refractivity (Wildman–Crippen MR) is 112 cm³/mol. The zero-order chi connectivity index (χ0) is 21.7. The number of carbonyl (C=O) groups excluding carboxylic acids is 3. The first-order chi connectivity index (χ1) is 14.8. The van der Waals surface area contributed by atoms with Gasteiger partial charge in [-0.2, -0.15) is 0 Å². The van der Waals surface area contributed by atoms with Gasteiger partial charge in [-0.25, -0.2) is 4.79 Å². The van der Waals surface area contributed by atoms with Gasteiger partial charge >= 0.3 is 5.63 Å². The van der Waals surface area contributed by atoms with Crippen molar-refractivity contribution in [3.8, 4) is 5.75 Å². The smallest absolute Gasteiger partial charge is 0.344 e. The maximum atomic E-state index is 13.8. The first kappa shape index (κ1) is 18.3. The van der Waals surface area contributed by atoms with Crippen LogP contribution in [0, 0.1) is 6.92 Å². The number of ketones is 2. The Kier molecular flexibility index (Phi) is 3.29. The standard InChI is InChI=1S/C23H12BrNO6/c1-10-8-16-17(20(28)30-10)22(14-9-11(24)6-7-15(14)25-21(22)29)23(31-16)18(26)12-4-2-3-5-13(12)19(23)27/h2-9H,1H3,(H,25,29)/t22-/m0/s1. The van der Waals surface area contributed by atoms with Crippen LogP contribution in [0.1, 0.15) is 37.6 Å². The maximum Gasteiger partial charge on any atom is 0.344 e. The van der Waals surface area contributed by atoms with Gasteiger partial charge in [-0.15, -0.1) is 0 Å². The summed E-state index contributed by atoms with van der Waals surface area (Å²) in [6.45, 7) is 1.55. The van der Waals surface area contributed by atoms with Crippen molar-refractivity contribution in [1.29, 1.82) is 0 Å². The topological polar surface area (TPSA) is 103 Å². The Bertz CT molecular complexity index is 1420. The van der Waals surface area contributed by atoms with Gasteiger partial charge in [0, 0.05) is 32.9 Å². The van der Waals surface area contributed by atoms with E-state index in [1.54, 1.807) is 37.3 Å². The van der Waals surface area contributed by atoms with E-state index in [1.807, 2.05) is 0 Å². The van der Waals surface area contributed by atoms with Crippen molar-refractivity contribution < 1.29 is 23.5 Å². The Morgan fingerprint density at radius 2 is 1.61 bits per heavy atom. The third kappa shape index (κ3) is 1.86. The fourth-order valence-electron chi connectivity index (χ4n) is 5.09. The van der Waals surface area contributed by atoms with Crippen LogP contribution in [0.2, 0.25) is 0 Å².